The summed E-state index contributed by atoms with van der Waals surface area (Å²) < 4.78 is 0. The molecule has 0 amide bonds. The Balaban J connectivity index is 2.61. The second-order valence-electron chi connectivity index (χ2n) is 5.44. The van der Waals surface area contributed by atoms with E-state index >= 15 is 0 Å². The highest BCUT2D eigenvalue weighted by Gasteiger charge is 2.13. The molecular formula is C16H23N3O. The number of hydrogen-bond acceptors (Lipinski definition) is 4. The molecule has 2 rings (SSSR count). The number of pyridine rings is 1. The zero-order valence-electron chi connectivity index (χ0n) is 12.6. The standard InChI is InChI=1S/C16H23N3O/c1-11(2)18-14-10-17-16(19(4)8-9-20)15-12(3)6-5-7-13(14)15/h5-7,10-11,18,20H,8-9H2,1-4H3. The number of aliphatic hydroxyl groups is 1. The molecule has 108 valence electrons. The van der Waals surface area contributed by atoms with Gasteiger partial charge in [-0.3, -0.25) is 0 Å². The molecule has 1 aromatic carbocycles. The number of aryl methyl sites for hydroxylation is 1. The number of hydrogen-bond donors (Lipinski definition) is 2. The van der Waals surface area contributed by atoms with Crippen molar-refractivity contribution in [2.45, 2.75) is 26.8 Å². The molecule has 20 heavy (non-hydrogen) atoms. The molecule has 2 N–H and O–H groups in total. The normalized spacial score (nSPS) is 11.1. The van der Waals surface area contributed by atoms with E-state index in [9.17, 15) is 0 Å². The van der Waals surface area contributed by atoms with Crippen LogP contribution in [0.15, 0.2) is 24.4 Å². The molecule has 0 fully saturated rings. The summed E-state index contributed by atoms with van der Waals surface area (Å²) in [6.45, 7) is 7.03. The lowest BCUT2D eigenvalue weighted by atomic mass is 10.0. The van der Waals surface area contributed by atoms with Gasteiger partial charge in [0.05, 0.1) is 18.5 Å². The van der Waals surface area contributed by atoms with Crippen molar-refractivity contribution in [1.29, 1.82) is 0 Å². The van der Waals surface area contributed by atoms with Crippen LogP contribution in [0.5, 0.6) is 0 Å². The molecule has 2 aromatic rings. The molecule has 0 atom stereocenters. The molecule has 0 saturated heterocycles. The van der Waals surface area contributed by atoms with Crippen molar-refractivity contribution >= 4 is 22.3 Å². The Morgan fingerprint density at radius 3 is 2.75 bits per heavy atom. The van der Waals surface area contributed by atoms with Crippen molar-refractivity contribution in [1.82, 2.24) is 4.98 Å². The van der Waals surface area contributed by atoms with E-state index in [2.05, 4.69) is 49.3 Å². The molecule has 0 saturated carbocycles. The molecule has 0 aliphatic heterocycles. The van der Waals surface area contributed by atoms with Crippen LogP contribution in [-0.2, 0) is 0 Å². The zero-order valence-corrected chi connectivity index (χ0v) is 12.6. The number of anilines is 2. The third-order valence-electron chi connectivity index (χ3n) is 3.34. The van der Waals surface area contributed by atoms with Gasteiger partial charge in [0.2, 0.25) is 0 Å². The smallest absolute Gasteiger partial charge is 0.136 e. The van der Waals surface area contributed by atoms with E-state index in [4.69, 9.17) is 5.11 Å². The SMILES string of the molecule is Cc1cccc2c(NC(C)C)cnc(N(C)CCO)c12. The van der Waals surface area contributed by atoms with E-state index in [1.807, 2.05) is 18.1 Å². The predicted molar refractivity (Wildman–Crippen MR) is 85.6 cm³/mol. The minimum atomic E-state index is 0.123. The second-order valence-corrected chi connectivity index (χ2v) is 5.44. The van der Waals surface area contributed by atoms with E-state index < -0.39 is 0 Å². The van der Waals surface area contributed by atoms with Gasteiger partial charge in [-0.25, -0.2) is 4.98 Å². The number of fused-ring (bicyclic) bond motifs is 1. The molecule has 0 bridgehead atoms. The number of nitrogens with one attached hydrogen (secondary N) is 1. The average molecular weight is 273 g/mol. The Kier molecular flexibility index (Phi) is 4.45. The van der Waals surface area contributed by atoms with Crippen molar-refractivity contribution in [3.05, 3.63) is 30.0 Å². The summed E-state index contributed by atoms with van der Waals surface area (Å²) in [4.78, 5) is 6.59. The van der Waals surface area contributed by atoms with Crippen LogP contribution in [0.1, 0.15) is 19.4 Å². The first-order valence-electron chi connectivity index (χ1n) is 7.01. The second kappa shape index (κ2) is 6.09. The molecule has 0 unspecified atom stereocenters. The van der Waals surface area contributed by atoms with Gasteiger partial charge in [-0.15, -0.1) is 0 Å². The van der Waals surface area contributed by atoms with Gasteiger partial charge < -0.3 is 15.3 Å². The summed E-state index contributed by atoms with van der Waals surface area (Å²) in [6, 6.07) is 6.64. The Morgan fingerprint density at radius 2 is 2.10 bits per heavy atom. The average Bonchev–Trinajstić information content (AvgIpc) is 2.39. The maximum Gasteiger partial charge on any atom is 0.136 e. The number of aliphatic hydroxyl groups excluding tert-OH is 1. The van der Waals surface area contributed by atoms with Gasteiger partial charge in [-0.05, 0) is 26.3 Å². The fourth-order valence-corrected chi connectivity index (χ4v) is 2.42. The van der Waals surface area contributed by atoms with E-state index in [0.29, 0.717) is 12.6 Å². The number of nitrogens with zero attached hydrogens (tertiary/aromatic N) is 2. The van der Waals surface area contributed by atoms with E-state index in [-0.39, 0.29) is 6.61 Å². The highest BCUT2D eigenvalue weighted by atomic mass is 16.3. The first-order valence-corrected chi connectivity index (χ1v) is 7.01. The van der Waals surface area contributed by atoms with Gasteiger partial charge in [0.1, 0.15) is 5.82 Å². The van der Waals surface area contributed by atoms with Gasteiger partial charge >= 0.3 is 0 Å². The van der Waals surface area contributed by atoms with Gasteiger partial charge in [0.25, 0.3) is 0 Å². The van der Waals surface area contributed by atoms with Crippen molar-refractivity contribution in [2.24, 2.45) is 0 Å². The number of likely N-dealkylation sites (N-methyl/N-ethyl adjacent to an activating group) is 1. The highest BCUT2D eigenvalue weighted by Crippen LogP contribution is 2.32. The highest BCUT2D eigenvalue weighted by molar-refractivity contribution is 6.02. The lowest BCUT2D eigenvalue weighted by Gasteiger charge is -2.22. The molecule has 4 heteroatoms. The maximum absolute atomic E-state index is 9.13. The summed E-state index contributed by atoms with van der Waals surface area (Å²) >= 11 is 0. The Hall–Kier alpha value is -1.81. The summed E-state index contributed by atoms with van der Waals surface area (Å²) in [5, 5.41) is 14.9. The Morgan fingerprint density at radius 1 is 1.35 bits per heavy atom. The molecule has 0 radical (unpaired) electrons. The van der Waals surface area contributed by atoms with Crippen LogP contribution in [0.4, 0.5) is 11.5 Å². The number of aromatic nitrogens is 1. The van der Waals surface area contributed by atoms with Gasteiger partial charge in [0, 0.05) is 30.4 Å². The summed E-state index contributed by atoms with van der Waals surface area (Å²) in [7, 11) is 1.96. The van der Waals surface area contributed by atoms with Crippen molar-refractivity contribution in [2.75, 3.05) is 30.4 Å². The molecule has 1 heterocycles. The molecule has 4 nitrogen and oxygen atoms in total. The van der Waals surface area contributed by atoms with E-state index in [1.165, 1.54) is 10.9 Å². The maximum atomic E-state index is 9.13. The molecule has 1 aromatic heterocycles. The minimum Gasteiger partial charge on any atom is -0.395 e. The van der Waals surface area contributed by atoms with Gasteiger partial charge in [-0.2, -0.15) is 0 Å². The topological polar surface area (TPSA) is 48.4 Å². The van der Waals surface area contributed by atoms with Crippen LogP contribution in [0, 0.1) is 6.92 Å². The van der Waals surface area contributed by atoms with Gasteiger partial charge in [-0.1, -0.05) is 18.2 Å². The van der Waals surface area contributed by atoms with E-state index in [0.717, 1.165) is 16.9 Å². The fraction of sp³-hybridized carbons (Fsp3) is 0.438. The van der Waals surface area contributed by atoms with Gasteiger partial charge in [0.15, 0.2) is 0 Å². The molecule has 0 aliphatic rings. The zero-order chi connectivity index (χ0) is 14.7. The molecule has 0 spiro atoms. The third kappa shape index (κ3) is 2.85. The largest absolute Gasteiger partial charge is 0.395 e. The summed E-state index contributed by atoms with van der Waals surface area (Å²) in [6.07, 6.45) is 1.88. The molecular weight excluding hydrogens is 250 g/mol. The number of rotatable bonds is 5. The predicted octanol–water partition coefficient (Wildman–Crippen LogP) is 2.79. The summed E-state index contributed by atoms with van der Waals surface area (Å²) in [5.74, 6) is 0.918. The van der Waals surface area contributed by atoms with Crippen LogP contribution in [0.3, 0.4) is 0 Å². The first-order chi connectivity index (χ1) is 9.54. The lowest BCUT2D eigenvalue weighted by molar-refractivity contribution is 0.304. The van der Waals surface area contributed by atoms with Crippen LogP contribution in [0.25, 0.3) is 10.8 Å². The van der Waals surface area contributed by atoms with Crippen LogP contribution in [0.2, 0.25) is 0 Å². The fourth-order valence-electron chi connectivity index (χ4n) is 2.42. The van der Waals surface area contributed by atoms with Crippen LogP contribution >= 0.6 is 0 Å². The summed E-state index contributed by atoms with van der Waals surface area (Å²) in [5.41, 5.74) is 2.25. The minimum absolute atomic E-state index is 0.123. The third-order valence-corrected chi connectivity index (χ3v) is 3.34. The monoisotopic (exact) mass is 273 g/mol. The Labute approximate surface area is 120 Å². The van der Waals surface area contributed by atoms with Crippen molar-refractivity contribution < 1.29 is 5.11 Å². The lowest BCUT2D eigenvalue weighted by Crippen LogP contribution is -2.23. The van der Waals surface area contributed by atoms with Crippen LogP contribution < -0.4 is 10.2 Å². The van der Waals surface area contributed by atoms with Crippen molar-refractivity contribution in [3.8, 4) is 0 Å². The van der Waals surface area contributed by atoms with E-state index in [1.54, 1.807) is 0 Å². The quantitative estimate of drug-likeness (QED) is 0.879. The number of benzene rings is 1. The first kappa shape index (κ1) is 14.6. The van der Waals surface area contributed by atoms with Crippen molar-refractivity contribution in [3.63, 3.8) is 0 Å². The molecule has 0 aliphatic carbocycles. The van der Waals surface area contributed by atoms with Crippen LogP contribution in [-0.4, -0.2) is 36.3 Å². The Bertz CT molecular complexity index is 596.